The maximum absolute atomic E-state index is 6.27. The van der Waals surface area contributed by atoms with E-state index in [1.807, 2.05) is 36.5 Å². The zero-order valence-electron chi connectivity index (χ0n) is 11.9. The van der Waals surface area contributed by atoms with Crippen molar-refractivity contribution in [1.29, 1.82) is 0 Å². The van der Waals surface area contributed by atoms with Gasteiger partial charge in [0.15, 0.2) is 0 Å². The molecule has 112 valence electrons. The molecule has 0 atom stereocenters. The van der Waals surface area contributed by atoms with Gasteiger partial charge in [-0.2, -0.15) is 0 Å². The highest BCUT2D eigenvalue weighted by atomic mass is 35.5. The SMILES string of the molecule is Clc1nccc(-c2ccc3c(ccn3-c3ccccn3)c2)c1Cl. The fourth-order valence-corrected chi connectivity index (χ4v) is 3.03. The highest BCUT2D eigenvalue weighted by Crippen LogP contribution is 2.34. The Kier molecular flexibility index (Phi) is 3.52. The summed E-state index contributed by atoms with van der Waals surface area (Å²) in [6.07, 6.45) is 5.46. The number of rotatable bonds is 2. The lowest BCUT2D eigenvalue weighted by Gasteiger charge is -2.07. The summed E-state index contributed by atoms with van der Waals surface area (Å²) in [4.78, 5) is 8.39. The highest BCUT2D eigenvalue weighted by molar-refractivity contribution is 6.43. The summed E-state index contributed by atoms with van der Waals surface area (Å²) in [6.45, 7) is 0. The van der Waals surface area contributed by atoms with Gasteiger partial charge in [-0.15, -0.1) is 0 Å². The highest BCUT2D eigenvalue weighted by Gasteiger charge is 2.10. The number of hydrogen-bond donors (Lipinski definition) is 0. The van der Waals surface area contributed by atoms with Crippen LogP contribution in [0.1, 0.15) is 0 Å². The molecule has 0 unspecified atom stereocenters. The minimum atomic E-state index is 0.315. The molecule has 3 nitrogen and oxygen atoms in total. The second-order valence-electron chi connectivity index (χ2n) is 5.11. The van der Waals surface area contributed by atoms with E-state index in [0.717, 1.165) is 27.8 Å². The molecule has 0 amide bonds. The summed E-state index contributed by atoms with van der Waals surface area (Å²) in [7, 11) is 0. The quantitative estimate of drug-likeness (QED) is 0.458. The summed E-state index contributed by atoms with van der Waals surface area (Å²) < 4.78 is 2.06. The molecule has 0 saturated heterocycles. The van der Waals surface area contributed by atoms with Crippen molar-refractivity contribution < 1.29 is 0 Å². The summed E-state index contributed by atoms with van der Waals surface area (Å²) in [6, 6.07) is 16.0. The van der Waals surface area contributed by atoms with Gasteiger partial charge < -0.3 is 4.57 Å². The van der Waals surface area contributed by atoms with Gasteiger partial charge in [0.2, 0.25) is 0 Å². The van der Waals surface area contributed by atoms with Gasteiger partial charge in [-0.3, -0.25) is 0 Å². The third kappa shape index (κ3) is 2.48. The maximum atomic E-state index is 6.27. The average Bonchev–Trinajstić information content (AvgIpc) is 3.01. The molecule has 0 fully saturated rings. The van der Waals surface area contributed by atoms with Crippen molar-refractivity contribution in [1.82, 2.24) is 14.5 Å². The monoisotopic (exact) mass is 339 g/mol. The molecular weight excluding hydrogens is 329 g/mol. The van der Waals surface area contributed by atoms with E-state index in [0.29, 0.717) is 10.2 Å². The van der Waals surface area contributed by atoms with Crippen LogP contribution in [0.4, 0.5) is 0 Å². The first-order chi connectivity index (χ1) is 11.2. The Balaban J connectivity index is 1.86. The van der Waals surface area contributed by atoms with Crippen LogP contribution in [-0.4, -0.2) is 14.5 Å². The van der Waals surface area contributed by atoms with Crippen molar-refractivity contribution in [3.8, 4) is 16.9 Å². The Hall–Kier alpha value is -2.36. The van der Waals surface area contributed by atoms with Crippen molar-refractivity contribution >= 4 is 34.1 Å². The Morgan fingerprint density at radius 1 is 0.870 bits per heavy atom. The van der Waals surface area contributed by atoms with E-state index in [1.165, 1.54) is 0 Å². The molecule has 0 aliphatic carbocycles. The van der Waals surface area contributed by atoms with Gasteiger partial charge in [0.1, 0.15) is 11.0 Å². The smallest absolute Gasteiger partial charge is 0.148 e. The second-order valence-corrected chi connectivity index (χ2v) is 5.85. The summed E-state index contributed by atoms with van der Waals surface area (Å²) in [5.74, 6) is 0.889. The van der Waals surface area contributed by atoms with E-state index in [9.17, 15) is 0 Å². The normalized spacial score (nSPS) is 11.0. The lowest BCUT2D eigenvalue weighted by molar-refractivity contribution is 1.04. The minimum absolute atomic E-state index is 0.315. The summed E-state index contributed by atoms with van der Waals surface area (Å²) in [5, 5.41) is 1.89. The first-order valence-electron chi connectivity index (χ1n) is 7.07. The third-order valence-electron chi connectivity index (χ3n) is 3.74. The molecule has 0 N–H and O–H groups in total. The molecule has 0 saturated carbocycles. The van der Waals surface area contributed by atoms with Crippen molar-refractivity contribution in [2.75, 3.05) is 0 Å². The molecule has 23 heavy (non-hydrogen) atoms. The largest absolute Gasteiger partial charge is 0.301 e. The van der Waals surface area contributed by atoms with E-state index in [4.69, 9.17) is 23.2 Å². The number of hydrogen-bond acceptors (Lipinski definition) is 2. The van der Waals surface area contributed by atoms with Gasteiger partial charge in [-0.1, -0.05) is 35.3 Å². The van der Waals surface area contributed by atoms with Crippen LogP contribution >= 0.6 is 23.2 Å². The van der Waals surface area contributed by atoms with Gasteiger partial charge in [-0.05, 0) is 42.0 Å². The third-order valence-corrected chi connectivity index (χ3v) is 4.51. The van der Waals surface area contributed by atoms with Crippen LogP contribution in [0, 0.1) is 0 Å². The van der Waals surface area contributed by atoms with E-state index in [2.05, 4.69) is 32.7 Å². The van der Waals surface area contributed by atoms with Crippen LogP contribution in [0.2, 0.25) is 10.2 Å². The fourth-order valence-electron chi connectivity index (χ4n) is 2.65. The molecule has 3 aromatic heterocycles. The Morgan fingerprint density at radius 3 is 2.61 bits per heavy atom. The van der Waals surface area contributed by atoms with Gasteiger partial charge in [0.25, 0.3) is 0 Å². The van der Waals surface area contributed by atoms with Gasteiger partial charge in [0.05, 0.1) is 10.5 Å². The molecule has 0 aliphatic heterocycles. The van der Waals surface area contributed by atoms with Crippen LogP contribution in [0.25, 0.3) is 27.8 Å². The number of nitrogens with zero attached hydrogens (tertiary/aromatic N) is 3. The van der Waals surface area contributed by atoms with Crippen LogP contribution in [0.5, 0.6) is 0 Å². The zero-order valence-corrected chi connectivity index (χ0v) is 13.5. The Bertz CT molecular complexity index is 994. The topological polar surface area (TPSA) is 30.7 Å². The lowest BCUT2D eigenvalue weighted by Crippen LogP contribution is -1.94. The predicted molar refractivity (Wildman–Crippen MR) is 94.3 cm³/mol. The van der Waals surface area contributed by atoms with Gasteiger partial charge >= 0.3 is 0 Å². The predicted octanol–water partition coefficient (Wildman–Crippen LogP) is 5.39. The molecule has 0 spiro atoms. The fraction of sp³-hybridized carbons (Fsp3) is 0. The molecule has 3 heterocycles. The zero-order chi connectivity index (χ0) is 15.8. The lowest BCUT2D eigenvalue weighted by atomic mass is 10.1. The first kappa shape index (κ1) is 14.2. The second kappa shape index (κ2) is 5.69. The number of pyridine rings is 2. The average molecular weight is 340 g/mol. The summed E-state index contributed by atoms with van der Waals surface area (Å²) in [5.41, 5.74) is 2.97. The van der Waals surface area contributed by atoms with Crippen molar-refractivity contribution in [2.45, 2.75) is 0 Å². The number of aromatic nitrogens is 3. The first-order valence-corrected chi connectivity index (χ1v) is 7.82. The maximum Gasteiger partial charge on any atom is 0.148 e. The summed E-state index contributed by atoms with van der Waals surface area (Å²) >= 11 is 12.3. The van der Waals surface area contributed by atoms with Crippen molar-refractivity contribution in [3.05, 3.63) is 77.3 Å². The standard InChI is InChI=1S/C18H11Cl2N3/c19-17-14(6-9-22-18(17)20)12-4-5-15-13(11-12)7-10-23(15)16-3-1-2-8-21-16/h1-11H. The van der Waals surface area contributed by atoms with Gasteiger partial charge in [-0.25, -0.2) is 9.97 Å². The molecule has 0 aliphatic rings. The van der Waals surface area contributed by atoms with Crippen LogP contribution in [0.3, 0.4) is 0 Å². The molecule has 0 bridgehead atoms. The number of fused-ring (bicyclic) bond motifs is 1. The van der Waals surface area contributed by atoms with Crippen LogP contribution in [-0.2, 0) is 0 Å². The van der Waals surface area contributed by atoms with Crippen LogP contribution in [0.15, 0.2) is 67.1 Å². The van der Waals surface area contributed by atoms with Crippen molar-refractivity contribution in [2.24, 2.45) is 0 Å². The molecule has 4 aromatic rings. The van der Waals surface area contributed by atoms with Crippen LogP contribution < -0.4 is 0 Å². The molecule has 5 heteroatoms. The van der Waals surface area contributed by atoms with E-state index < -0.39 is 0 Å². The minimum Gasteiger partial charge on any atom is -0.301 e. The molecule has 4 rings (SSSR count). The van der Waals surface area contributed by atoms with Gasteiger partial charge in [0, 0.05) is 29.5 Å². The van der Waals surface area contributed by atoms with E-state index >= 15 is 0 Å². The Morgan fingerprint density at radius 2 is 1.78 bits per heavy atom. The van der Waals surface area contributed by atoms with Crippen molar-refractivity contribution in [3.63, 3.8) is 0 Å². The van der Waals surface area contributed by atoms with E-state index in [1.54, 1.807) is 12.4 Å². The molecule has 1 aromatic carbocycles. The van der Waals surface area contributed by atoms with E-state index in [-0.39, 0.29) is 0 Å². The number of halogens is 2. The molecular formula is C18H11Cl2N3. The number of benzene rings is 1. The molecule has 0 radical (unpaired) electrons. The Labute approximate surface area is 143 Å².